The van der Waals surface area contributed by atoms with E-state index in [0.717, 1.165) is 44.1 Å². The normalized spacial score (nSPS) is 19.5. The Balaban J connectivity index is 1.46. The minimum atomic E-state index is -0.354. The van der Waals surface area contributed by atoms with E-state index in [2.05, 4.69) is 43.9 Å². The highest BCUT2D eigenvalue weighted by atomic mass is 16.6. The van der Waals surface area contributed by atoms with Gasteiger partial charge in [0.05, 0.1) is 17.0 Å². The summed E-state index contributed by atoms with van der Waals surface area (Å²) >= 11 is 0. The first-order valence-electron chi connectivity index (χ1n) is 11.0. The third-order valence-electron chi connectivity index (χ3n) is 6.36. The van der Waals surface area contributed by atoms with Gasteiger partial charge >= 0.3 is 0 Å². The van der Waals surface area contributed by atoms with Crippen LogP contribution in [0.5, 0.6) is 0 Å². The summed E-state index contributed by atoms with van der Waals surface area (Å²) in [5.41, 5.74) is 1.17. The summed E-state index contributed by atoms with van der Waals surface area (Å²) < 4.78 is 2.10. The molecule has 1 saturated carbocycles. The minimum absolute atomic E-state index is 0.133. The van der Waals surface area contributed by atoms with Crippen LogP contribution in [-0.4, -0.2) is 56.2 Å². The van der Waals surface area contributed by atoms with Crippen molar-refractivity contribution in [3.05, 3.63) is 40.2 Å². The monoisotopic (exact) mass is 413 g/mol. The molecule has 0 spiro atoms. The van der Waals surface area contributed by atoms with Crippen LogP contribution in [0.3, 0.4) is 0 Å². The number of nitro benzene ring substituents is 1. The van der Waals surface area contributed by atoms with Crippen LogP contribution in [0, 0.1) is 16.0 Å². The lowest BCUT2D eigenvalue weighted by molar-refractivity contribution is -0.384. The van der Waals surface area contributed by atoms with E-state index in [1.165, 1.54) is 25.7 Å². The Hall–Kier alpha value is -2.55. The molecule has 9 nitrogen and oxygen atoms in total. The molecule has 30 heavy (non-hydrogen) atoms. The highest BCUT2D eigenvalue weighted by Gasteiger charge is 2.32. The summed E-state index contributed by atoms with van der Waals surface area (Å²) in [7, 11) is 0. The van der Waals surface area contributed by atoms with Crippen molar-refractivity contribution in [1.29, 1.82) is 0 Å². The maximum Gasteiger partial charge on any atom is 0.269 e. The van der Waals surface area contributed by atoms with Crippen molar-refractivity contribution in [2.24, 2.45) is 5.92 Å². The molecular formula is C21H31N7O2. The summed E-state index contributed by atoms with van der Waals surface area (Å²) in [5.74, 6) is 1.57. The molecular weight excluding hydrogens is 382 g/mol. The van der Waals surface area contributed by atoms with E-state index < -0.39 is 0 Å². The summed E-state index contributed by atoms with van der Waals surface area (Å²) in [6, 6.07) is 7.52. The van der Waals surface area contributed by atoms with Gasteiger partial charge in [-0.1, -0.05) is 26.7 Å². The molecule has 1 aliphatic carbocycles. The highest BCUT2D eigenvalue weighted by Crippen LogP contribution is 2.34. The van der Waals surface area contributed by atoms with Crippen molar-refractivity contribution in [3.63, 3.8) is 0 Å². The SMILES string of the molecule is CC(C)C[C@H](c1nnnn1C1CCCC1)N1CCN(c2ccc([N+](=O)[O-])cc2)CC1. The summed E-state index contributed by atoms with van der Waals surface area (Å²) in [6.07, 6.45) is 5.88. The van der Waals surface area contributed by atoms with Crippen LogP contribution < -0.4 is 4.90 Å². The second kappa shape index (κ2) is 9.07. The highest BCUT2D eigenvalue weighted by molar-refractivity contribution is 5.51. The lowest BCUT2D eigenvalue weighted by atomic mass is 10.0. The quantitative estimate of drug-likeness (QED) is 0.506. The molecule has 4 rings (SSSR count). The first kappa shape index (κ1) is 20.7. The Labute approximate surface area is 177 Å². The maximum atomic E-state index is 10.9. The molecule has 0 amide bonds. The molecule has 2 aliphatic rings. The molecule has 1 atom stereocenters. The fourth-order valence-electron chi connectivity index (χ4n) is 4.77. The van der Waals surface area contributed by atoms with Crippen molar-refractivity contribution in [2.75, 3.05) is 31.1 Å². The average molecular weight is 414 g/mol. The second-order valence-corrected chi connectivity index (χ2v) is 8.86. The zero-order chi connectivity index (χ0) is 21.1. The molecule has 2 fully saturated rings. The predicted octanol–water partition coefficient (Wildman–Crippen LogP) is 3.61. The molecule has 1 saturated heterocycles. The number of piperazine rings is 1. The molecule has 0 bridgehead atoms. The van der Waals surface area contributed by atoms with Gasteiger partial charge < -0.3 is 4.90 Å². The van der Waals surface area contributed by atoms with Crippen molar-refractivity contribution >= 4 is 11.4 Å². The largest absolute Gasteiger partial charge is 0.369 e. The van der Waals surface area contributed by atoms with Crippen molar-refractivity contribution < 1.29 is 4.92 Å². The number of hydrogen-bond donors (Lipinski definition) is 0. The number of nitro groups is 1. The van der Waals surface area contributed by atoms with Gasteiger partial charge in [-0.15, -0.1) is 5.10 Å². The van der Waals surface area contributed by atoms with Crippen LogP contribution in [0.15, 0.2) is 24.3 Å². The Morgan fingerprint density at radius 3 is 2.37 bits per heavy atom. The minimum Gasteiger partial charge on any atom is -0.369 e. The lowest BCUT2D eigenvalue weighted by Crippen LogP contribution is -2.48. The molecule has 1 aliphatic heterocycles. The molecule has 0 unspecified atom stereocenters. The van der Waals surface area contributed by atoms with Gasteiger partial charge in [0, 0.05) is 44.0 Å². The maximum absolute atomic E-state index is 10.9. The zero-order valence-electron chi connectivity index (χ0n) is 17.9. The molecule has 0 radical (unpaired) electrons. The number of benzene rings is 1. The van der Waals surface area contributed by atoms with Crippen molar-refractivity contribution in [2.45, 2.75) is 58.0 Å². The van der Waals surface area contributed by atoms with Gasteiger partial charge in [0.1, 0.15) is 0 Å². The average Bonchev–Trinajstić information content (AvgIpc) is 3.44. The molecule has 9 heteroatoms. The van der Waals surface area contributed by atoms with Gasteiger partial charge in [-0.2, -0.15) is 0 Å². The molecule has 2 heterocycles. The van der Waals surface area contributed by atoms with E-state index in [1.807, 2.05) is 12.1 Å². The summed E-state index contributed by atoms with van der Waals surface area (Å²) in [4.78, 5) is 15.4. The summed E-state index contributed by atoms with van der Waals surface area (Å²) in [5, 5.41) is 23.8. The smallest absolute Gasteiger partial charge is 0.269 e. The Kier molecular flexibility index (Phi) is 6.26. The van der Waals surface area contributed by atoms with E-state index in [-0.39, 0.29) is 16.7 Å². The molecule has 162 valence electrons. The van der Waals surface area contributed by atoms with Gasteiger partial charge in [-0.25, -0.2) is 4.68 Å². The van der Waals surface area contributed by atoms with Crippen LogP contribution in [0.1, 0.15) is 63.9 Å². The van der Waals surface area contributed by atoms with Gasteiger partial charge in [0.15, 0.2) is 5.82 Å². The Morgan fingerprint density at radius 2 is 1.77 bits per heavy atom. The third kappa shape index (κ3) is 4.45. The van der Waals surface area contributed by atoms with Crippen LogP contribution in [0.2, 0.25) is 0 Å². The van der Waals surface area contributed by atoms with E-state index in [0.29, 0.717) is 12.0 Å². The number of non-ortho nitro benzene ring substituents is 1. The lowest BCUT2D eigenvalue weighted by Gasteiger charge is -2.40. The topological polar surface area (TPSA) is 93.2 Å². The first-order chi connectivity index (χ1) is 14.5. The molecule has 2 aromatic rings. The molecule has 1 aromatic heterocycles. The van der Waals surface area contributed by atoms with Gasteiger partial charge in [0.25, 0.3) is 5.69 Å². The van der Waals surface area contributed by atoms with Gasteiger partial charge in [-0.05, 0) is 47.7 Å². The Bertz CT molecular complexity index is 837. The van der Waals surface area contributed by atoms with Crippen LogP contribution >= 0.6 is 0 Å². The van der Waals surface area contributed by atoms with Crippen molar-refractivity contribution in [1.82, 2.24) is 25.1 Å². The fourth-order valence-corrected chi connectivity index (χ4v) is 4.77. The standard InChI is InChI=1S/C21H31N7O2/c1-16(2)15-20(21-22-23-24-27(21)18-5-3-4-6-18)26-13-11-25(12-14-26)17-7-9-19(10-8-17)28(29)30/h7-10,16,18,20H,3-6,11-15H2,1-2H3/t20-/m1/s1. The van der Waals surface area contributed by atoms with Crippen LogP contribution in [0.25, 0.3) is 0 Å². The number of anilines is 1. The van der Waals surface area contributed by atoms with E-state index in [4.69, 9.17) is 0 Å². The molecule has 0 N–H and O–H groups in total. The number of tetrazole rings is 1. The number of rotatable bonds is 7. The van der Waals surface area contributed by atoms with Gasteiger partial charge in [-0.3, -0.25) is 15.0 Å². The van der Waals surface area contributed by atoms with Crippen LogP contribution in [-0.2, 0) is 0 Å². The Morgan fingerprint density at radius 1 is 1.10 bits per heavy atom. The predicted molar refractivity (Wildman–Crippen MR) is 114 cm³/mol. The second-order valence-electron chi connectivity index (χ2n) is 8.86. The van der Waals surface area contributed by atoms with E-state index >= 15 is 0 Å². The van der Waals surface area contributed by atoms with Crippen LogP contribution in [0.4, 0.5) is 11.4 Å². The van der Waals surface area contributed by atoms with Crippen molar-refractivity contribution in [3.8, 4) is 0 Å². The summed E-state index contributed by atoms with van der Waals surface area (Å²) in [6.45, 7) is 8.13. The number of hydrogen-bond acceptors (Lipinski definition) is 7. The number of nitrogens with zero attached hydrogens (tertiary/aromatic N) is 7. The molecule has 1 aromatic carbocycles. The number of aromatic nitrogens is 4. The first-order valence-corrected chi connectivity index (χ1v) is 11.0. The fraction of sp³-hybridized carbons (Fsp3) is 0.667. The van der Waals surface area contributed by atoms with E-state index in [1.54, 1.807) is 12.1 Å². The third-order valence-corrected chi connectivity index (χ3v) is 6.36. The van der Waals surface area contributed by atoms with Gasteiger partial charge in [0.2, 0.25) is 0 Å². The zero-order valence-corrected chi connectivity index (χ0v) is 17.9. The van der Waals surface area contributed by atoms with E-state index in [9.17, 15) is 10.1 Å².